The van der Waals surface area contributed by atoms with Gasteiger partial charge in [-0.3, -0.25) is 9.59 Å². The van der Waals surface area contributed by atoms with Gasteiger partial charge in [-0.05, 0) is 147 Å². The molecule has 0 aromatic rings. The number of nitrogens with zero attached hydrogens (tertiary/aromatic N) is 12. The van der Waals surface area contributed by atoms with Crippen molar-refractivity contribution in [2.24, 2.45) is 27.1 Å². The molecule has 0 N–H and O–H groups in total. The fraction of sp³-hybridized carbons (Fsp3) is 0.594. The minimum absolute atomic E-state index is 0.138. The molecule has 4 heterocycles. The SMILES string of the molecule is [C-]#[N+]C1=C(N2CCCC2)CC(C)(C)C/C1=C(/[N+]#[C-])C(=O)OCC(COC(=O)/C(C#N)=C1\CC(C)(C)CC(N2CCCC2)=C1C#N)(COC(=O)/C(C#N)=C1\CC(C)(C)CC(N2CCCC2)=C1C#N)COC(=O)/C([N+]#[C-])=C1/CC(C)(C)CC(N2CCCC2)=C1C#N. The van der Waals surface area contributed by atoms with E-state index in [1.54, 1.807) is 0 Å². The van der Waals surface area contributed by atoms with Crippen LogP contribution in [0.3, 0.4) is 0 Å². The van der Waals surface area contributed by atoms with Gasteiger partial charge in [0.15, 0.2) is 5.70 Å². The van der Waals surface area contributed by atoms with E-state index in [0.29, 0.717) is 101 Å². The van der Waals surface area contributed by atoms with Gasteiger partial charge in [-0.2, -0.15) is 26.3 Å². The van der Waals surface area contributed by atoms with Gasteiger partial charge >= 0.3 is 23.9 Å². The monoisotopic (exact) mass is 1200 g/mol. The normalized spacial score (nSPS) is 23.6. The van der Waals surface area contributed by atoms with Crippen molar-refractivity contribution >= 4 is 23.9 Å². The highest BCUT2D eigenvalue weighted by Crippen LogP contribution is 2.49. The Morgan fingerprint density at radius 1 is 0.416 bits per heavy atom. The molecular weight excluding hydrogens is 1120 g/mol. The van der Waals surface area contributed by atoms with Crippen LogP contribution in [0.2, 0.25) is 0 Å². The molecule has 0 amide bonds. The number of likely N-dealkylation sites (tertiary alicyclic amines) is 4. The number of allylic oxidation sites excluding steroid dienone is 11. The maximum Gasteiger partial charge on any atom is 0.349 e. The molecule has 0 spiro atoms. The van der Waals surface area contributed by atoms with Crippen LogP contribution in [0.25, 0.3) is 14.5 Å². The van der Waals surface area contributed by atoms with Crippen LogP contribution in [0.1, 0.15) is 158 Å². The zero-order chi connectivity index (χ0) is 64.6. The van der Waals surface area contributed by atoms with Crippen LogP contribution in [-0.4, -0.2) is 122 Å². The molecule has 464 valence electrons. The fourth-order valence-corrected chi connectivity index (χ4v) is 14.1. The van der Waals surface area contributed by atoms with Gasteiger partial charge in [-0.15, -0.1) is 0 Å². The fourth-order valence-electron chi connectivity index (χ4n) is 14.1. The molecule has 8 aliphatic rings. The summed E-state index contributed by atoms with van der Waals surface area (Å²) in [5, 5.41) is 54.1. The Balaban J connectivity index is 1.27. The minimum Gasteiger partial charge on any atom is -0.470 e. The zero-order valence-corrected chi connectivity index (χ0v) is 52.9. The molecule has 20 nitrogen and oxygen atoms in total. The van der Waals surface area contributed by atoms with Crippen LogP contribution < -0.4 is 0 Å². The van der Waals surface area contributed by atoms with E-state index in [1.165, 1.54) is 0 Å². The van der Waals surface area contributed by atoms with E-state index in [-0.39, 0.29) is 70.4 Å². The largest absolute Gasteiger partial charge is 0.470 e. The summed E-state index contributed by atoms with van der Waals surface area (Å²) in [6, 6.07) is 10.8. The second-order valence-corrected chi connectivity index (χ2v) is 28.2. The molecule has 0 bridgehead atoms. The summed E-state index contributed by atoms with van der Waals surface area (Å²) >= 11 is 0. The summed E-state index contributed by atoms with van der Waals surface area (Å²) in [6.07, 6.45) is 9.75. The highest BCUT2D eigenvalue weighted by atomic mass is 16.6. The third-order valence-corrected chi connectivity index (χ3v) is 18.4. The van der Waals surface area contributed by atoms with Crippen molar-refractivity contribution in [1.82, 2.24) is 19.6 Å². The van der Waals surface area contributed by atoms with E-state index in [1.807, 2.05) is 67.5 Å². The molecule has 4 aliphatic heterocycles. The van der Waals surface area contributed by atoms with Crippen LogP contribution in [-0.2, 0) is 38.1 Å². The quantitative estimate of drug-likeness (QED) is 0.0458. The van der Waals surface area contributed by atoms with Crippen LogP contribution >= 0.6 is 0 Å². The molecule has 4 saturated heterocycles. The molecule has 0 saturated carbocycles. The zero-order valence-electron chi connectivity index (χ0n) is 52.9. The first-order valence-corrected chi connectivity index (χ1v) is 31.0. The van der Waals surface area contributed by atoms with Gasteiger partial charge in [0.2, 0.25) is 0 Å². The molecular formula is C69H80N12O8. The van der Waals surface area contributed by atoms with Crippen molar-refractivity contribution in [3.63, 3.8) is 0 Å². The second-order valence-electron chi connectivity index (χ2n) is 28.2. The highest BCUT2D eigenvalue weighted by Gasteiger charge is 2.45. The lowest BCUT2D eigenvalue weighted by Gasteiger charge is -2.38. The van der Waals surface area contributed by atoms with Crippen molar-refractivity contribution in [2.45, 2.75) is 158 Å². The van der Waals surface area contributed by atoms with Gasteiger partial charge in [0.05, 0.1) is 42.5 Å². The summed E-state index contributed by atoms with van der Waals surface area (Å²) in [7, 11) is 0. The van der Waals surface area contributed by atoms with E-state index in [2.05, 4.69) is 52.3 Å². The van der Waals surface area contributed by atoms with Gasteiger partial charge in [-0.25, -0.2) is 24.1 Å². The van der Waals surface area contributed by atoms with Crippen LogP contribution in [0.15, 0.2) is 90.0 Å². The number of carbonyl (C=O) groups is 4. The third-order valence-electron chi connectivity index (χ3n) is 18.4. The van der Waals surface area contributed by atoms with Gasteiger partial charge in [0.25, 0.3) is 11.4 Å². The number of hydrogen-bond donors (Lipinski definition) is 0. The summed E-state index contributed by atoms with van der Waals surface area (Å²) in [5.74, 6) is -4.86. The maximum atomic E-state index is 14.9. The predicted molar refractivity (Wildman–Crippen MR) is 326 cm³/mol. The van der Waals surface area contributed by atoms with Crippen molar-refractivity contribution in [3.8, 4) is 30.3 Å². The predicted octanol–water partition coefficient (Wildman–Crippen LogP) is 11.3. The average molecular weight is 1210 g/mol. The number of rotatable bonds is 16. The van der Waals surface area contributed by atoms with E-state index in [4.69, 9.17) is 38.7 Å². The smallest absolute Gasteiger partial charge is 0.349 e. The molecule has 0 atom stereocenters. The second kappa shape index (κ2) is 27.1. The first-order valence-electron chi connectivity index (χ1n) is 31.0. The molecule has 0 aromatic carbocycles. The summed E-state index contributed by atoms with van der Waals surface area (Å²) in [6.45, 7) is 42.7. The molecule has 20 heteroatoms. The Morgan fingerprint density at radius 3 is 0.989 bits per heavy atom. The lowest BCUT2D eigenvalue weighted by Crippen LogP contribution is -2.44. The maximum absolute atomic E-state index is 14.9. The standard InChI is InChI=1S/C69H80N12O8/c1-65(2)28-45(49(36-70)54(32-65)78-20-12-13-21-78)52(39-73)61(82)86-41-69(42-87-62(83)53(40-74)46-29-66(3,4)33-55(50(46)37-71)79-22-14-15-23-79,43-88-63(84)59(76-10)47-30-67(5,6)34-56(51(47)38-72)80-24-16-17-25-80)44-89-64(85)60(77-11)48-31-68(7,8)35-57(58(48)75-9)81-26-18-19-27-81/h12-35,41-44H2,1-8H3/b52-45+,53-46+,59-47+,60-48-. The highest BCUT2D eigenvalue weighted by molar-refractivity contribution is 5.96. The lowest BCUT2D eigenvalue weighted by atomic mass is 9.72. The Kier molecular flexibility index (Phi) is 20.1. The molecule has 0 radical (unpaired) electrons. The summed E-state index contributed by atoms with van der Waals surface area (Å²) in [4.78, 5) is 79.2. The minimum atomic E-state index is -2.20. The van der Waals surface area contributed by atoms with Crippen LogP contribution in [0.5, 0.6) is 0 Å². The topological polar surface area (TPSA) is 250 Å². The van der Waals surface area contributed by atoms with Crippen molar-refractivity contribution in [3.05, 3.63) is 124 Å². The molecule has 8 rings (SSSR count). The number of ether oxygens (including phenoxy) is 4. The average Bonchev–Trinajstić information content (AvgIpc) is 1.69. The van der Waals surface area contributed by atoms with Crippen molar-refractivity contribution in [2.75, 3.05) is 78.8 Å². The number of hydrogen-bond acceptors (Lipinski definition) is 17. The summed E-state index contributed by atoms with van der Waals surface area (Å²) < 4.78 is 24.5. The molecule has 0 aromatic heterocycles. The van der Waals surface area contributed by atoms with Crippen LogP contribution in [0, 0.1) is 103 Å². The Bertz CT molecular complexity index is 3100. The molecule has 89 heavy (non-hydrogen) atoms. The number of esters is 4. The van der Waals surface area contributed by atoms with Crippen molar-refractivity contribution < 1.29 is 38.1 Å². The first-order chi connectivity index (χ1) is 42.3. The van der Waals surface area contributed by atoms with Crippen LogP contribution in [0.4, 0.5) is 0 Å². The van der Waals surface area contributed by atoms with E-state index >= 15 is 0 Å². The Labute approximate surface area is 524 Å². The molecule has 4 fully saturated rings. The Hall–Kier alpha value is -9.08. The molecule has 4 aliphatic carbocycles. The third kappa shape index (κ3) is 14.6. The van der Waals surface area contributed by atoms with Gasteiger partial charge in [0.1, 0.15) is 67.3 Å². The van der Waals surface area contributed by atoms with E-state index < -0.39 is 99.9 Å². The van der Waals surface area contributed by atoms with Gasteiger partial charge < -0.3 is 38.5 Å². The number of carbonyl (C=O) groups excluding carboxylic acids is 4. The lowest BCUT2D eigenvalue weighted by molar-refractivity contribution is -0.165. The van der Waals surface area contributed by atoms with Crippen molar-refractivity contribution in [1.29, 1.82) is 26.3 Å². The molecule has 0 unspecified atom stereocenters. The van der Waals surface area contributed by atoms with Gasteiger partial charge in [0, 0.05) is 75.1 Å². The Morgan fingerprint density at radius 2 is 0.685 bits per heavy atom. The van der Waals surface area contributed by atoms with Gasteiger partial charge in [-0.1, -0.05) is 55.4 Å². The van der Waals surface area contributed by atoms with E-state index in [9.17, 15) is 45.5 Å². The first kappa shape index (κ1) is 65.9. The number of nitriles is 5. The summed E-state index contributed by atoms with van der Waals surface area (Å²) in [5.41, 5.74) is -2.17. The van der Waals surface area contributed by atoms with E-state index in [0.717, 1.165) is 51.4 Å².